The van der Waals surface area contributed by atoms with Gasteiger partial charge in [-0.1, -0.05) is 107 Å². The molecule has 4 nitrogen and oxygen atoms in total. The fourth-order valence-electron chi connectivity index (χ4n) is 6.31. The third kappa shape index (κ3) is 8.06. The van der Waals surface area contributed by atoms with Gasteiger partial charge >= 0.3 is 0 Å². The summed E-state index contributed by atoms with van der Waals surface area (Å²) in [5, 5.41) is 0. The molecule has 0 unspecified atom stereocenters. The first-order chi connectivity index (χ1) is 23.1. The van der Waals surface area contributed by atoms with Gasteiger partial charge in [0.05, 0.1) is 28.4 Å². The van der Waals surface area contributed by atoms with Gasteiger partial charge in [-0.05, 0) is 92.4 Å². The summed E-state index contributed by atoms with van der Waals surface area (Å²) in [5.74, 6) is 3.08. The molecule has 0 aliphatic heterocycles. The Morgan fingerprint density at radius 2 is 0.500 bits per heavy atom. The molecule has 4 heteroatoms. The van der Waals surface area contributed by atoms with Crippen LogP contribution in [0, 0.1) is 0 Å². The van der Waals surface area contributed by atoms with Gasteiger partial charge in [0.2, 0.25) is 0 Å². The van der Waals surface area contributed by atoms with Crippen LogP contribution in [-0.2, 0) is 21.7 Å². The number of benzene rings is 4. The van der Waals surface area contributed by atoms with Crippen LogP contribution in [0.3, 0.4) is 0 Å². The number of ether oxygens (including phenoxy) is 4. The van der Waals surface area contributed by atoms with Gasteiger partial charge in [0.15, 0.2) is 0 Å². The molecule has 0 saturated carbocycles. The second-order valence-electron chi connectivity index (χ2n) is 17.4. The van der Waals surface area contributed by atoms with Crippen LogP contribution < -0.4 is 18.9 Å². The predicted molar refractivity (Wildman–Crippen MR) is 212 cm³/mol. The lowest BCUT2D eigenvalue weighted by molar-refractivity contribution is 0.409. The van der Waals surface area contributed by atoms with Gasteiger partial charge in [0, 0.05) is 33.4 Å². The summed E-state index contributed by atoms with van der Waals surface area (Å²) in [5.41, 5.74) is 10.1. The first-order valence-corrected chi connectivity index (χ1v) is 17.7. The van der Waals surface area contributed by atoms with E-state index < -0.39 is 0 Å². The summed E-state index contributed by atoms with van der Waals surface area (Å²) in [6.45, 7) is 26.9. The SMILES string of the molecule is COc1ccc(C(C)(C)C)cc1C(=C(c1cc(C(C)(C)C)ccc1OC)c1cc(C(C)(C)C)ccc1OC)c1cc(C(C)(C)C)ccc1OC. The molecule has 0 bridgehead atoms. The van der Waals surface area contributed by atoms with Gasteiger partial charge < -0.3 is 18.9 Å². The Balaban J connectivity index is 2.48. The van der Waals surface area contributed by atoms with Gasteiger partial charge in [0.25, 0.3) is 0 Å². The topological polar surface area (TPSA) is 36.9 Å². The van der Waals surface area contributed by atoms with Gasteiger partial charge in [-0.2, -0.15) is 0 Å². The molecule has 0 fully saturated rings. The van der Waals surface area contributed by atoms with Crippen molar-refractivity contribution in [1.82, 2.24) is 0 Å². The lowest BCUT2D eigenvalue weighted by Crippen LogP contribution is -2.15. The normalized spacial score (nSPS) is 12.4. The Morgan fingerprint density at radius 1 is 0.320 bits per heavy atom. The number of rotatable bonds is 8. The van der Waals surface area contributed by atoms with E-state index in [1.807, 2.05) is 0 Å². The molecule has 50 heavy (non-hydrogen) atoms. The summed E-state index contributed by atoms with van der Waals surface area (Å²) in [6.07, 6.45) is 0. The van der Waals surface area contributed by atoms with Crippen molar-refractivity contribution in [3.05, 3.63) is 117 Å². The zero-order chi connectivity index (χ0) is 37.4. The predicted octanol–water partition coefficient (Wildman–Crippen LogP) is 11.9. The third-order valence-corrected chi connectivity index (χ3v) is 9.59. The number of hydrogen-bond donors (Lipinski definition) is 0. The molecule has 4 aromatic rings. The number of methoxy groups -OCH3 is 4. The maximum Gasteiger partial charge on any atom is 0.126 e. The average Bonchev–Trinajstić information content (AvgIpc) is 3.04. The van der Waals surface area contributed by atoms with Crippen molar-refractivity contribution in [3.63, 3.8) is 0 Å². The van der Waals surface area contributed by atoms with E-state index in [0.29, 0.717) is 0 Å². The van der Waals surface area contributed by atoms with E-state index in [9.17, 15) is 0 Å². The maximum atomic E-state index is 6.24. The molecule has 0 N–H and O–H groups in total. The Kier molecular flexibility index (Phi) is 11.0. The van der Waals surface area contributed by atoms with E-state index in [-0.39, 0.29) is 21.7 Å². The fourth-order valence-corrected chi connectivity index (χ4v) is 6.31. The van der Waals surface area contributed by atoms with Crippen LogP contribution in [0.2, 0.25) is 0 Å². The van der Waals surface area contributed by atoms with Crippen LogP contribution in [0.4, 0.5) is 0 Å². The second-order valence-corrected chi connectivity index (χ2v) is 17.4. The Labute approximate surface area is 302 Å². The van der Waals surface area contributed by atoms with E-state index in [1.54, 1.807) is 28.4 Å². The average molecular weight is 677 g/mol. The summed E-state index contributed by atoms with van der Waals surface area (Å²) in [4.78, 5) is 0. The standard InChI is InChI=1S/C46H60O4/c1-43(2,3)29-17-21-37(47-13)33(25-29)41(34-26-30(44(4,5)6)18-22-38(34)48-14)42(35-27-31(45(7,8)9)19-23-39(35)49-15)36-28-32(46(10,11)12)20-24-40(36)50-16/h17-28H,1-16H3. The first kappa shape index (κ1) is 38.6. The molecule has 0 atom stereocenters. The molecule has 0 saturated heterocycles. The highest BCUT2D eigenvalue weighted by Crippen LogP contribution is 2.50. The molecule has 4 rings (SSSR count). The fraction of sp³-hybridized carbons (Fsp3) is 0.435. The van der Waals surface area contributed by atoms with Gasteiger partial charge in [0.1, 0.15) is 23.0 Å². The molecule has 0 radical (unpaired) electrons. The third-order valence-electron chi connectivity index (χ3n) is 9.59. The zero-order valence-corrected chi connectivity index (χ0v) is 33.6. The van der Waals surface area contributed by atoms with Crippen LogP contribution >= 0.6 is 0 Å². The second kappa shape index (κ2) is 14.2. The van der Waals surface area contributed by atoms with Crippen molar-refractivity contribution >= 4 is 11.1 Å². The highest BCUT2D eigenvalue weighted by molar-refractivity contribution is 6.08. The van der Waals surface area contributed by atoms with Crippen LogP contribution in [0.5, 0.6) is 23.0 Å². The summed E-state index contributed by atoms with van der Waals surface area (Å²) in [7, 11) is 6.99. The molecule has 4 aromatic carbocycles. The lowest BCUT2D eigenvalue weighted by atomic mass is 9.77. The quantitative estimate of drug-likeness (QED) is 0.174. The molecule has 0 heterocycles. The number of hydrogen-bond acceptors (Lipinski definition) is 4. The van der Waals surface area contributed by atoms with Gasteiger partial charge in [-0.25, -0.2) is 0 Å². The molecule has 0 aromatic heterocycles. The van der Waals surface area contributed by atoms with E-state index in [1.165, 1.54) is 22.3 Å². The highest BCUT2D eigenvalue weighted by Gasteiger charge is 2.30. The maximum absolute atomic E-state index is 6.24. The summed E-state index contributed by atoms with van der Waals surface area (Å²) >= 11 is 0. The molecule has 268 valence electrons. The molecule has 0 aliphatic carbocycles. The van der Waals surface area contributed by atoms with E-state index in [2.05, 4.69) is 156 Å². The van der Waals surface area contributed by atoms with E-state index in [0.717, 1.165) is 56.4 Å². The monoisotopic (exact) mass is 676 g/mol. The lowest BCUT2D eigenvalue weighted by Gasteiger charge is -2.29. The van der Waals surface area contributed by atoms with Crippen molar-refractivity contribution < 1.29 is 18.9 Å². The van der Waals surface area contributed by atoms with Crippen molar-refractivity contribution in [2.75, 3.05) is 28.4 Å². The molecule has 0 amide bonds. The minimum Gasteiger partial charge on any atom is -0.496 e. The van der Waals surface area contributed by atoms with E-state index in [4.69, 9.17) is 18.9 Å². The highest BCUT2D eigenvalue weighted by atomic mass is 16.5. The van der Waals surface area contributed by atoms with Crippen LogP contribution in [0.1, 0.15) is 128 Å². The smallest absolute Gasteiger partial charge is 0.126 e. The van der Waals surface area contributed by atoms with Crippen LogP contribution in [-0.4, -0.2) is 28.4 Å². The Hall–Kier alpha value is -4.18. The molecule has 0 aliphatic rings. The van der Waals surface area contributed by atoms with Crippen molar-refractivity contribution in [3.8, 4) is 23.0 Å². The summed E-state index contributed by atoms with van der Waals surface area (Å²) in [6, 6.07) is 26.2. The first-order valence-electron chi connectivity index (χ1n) is 17.7. The molecule has 0 spiro atoms. The molecular weight excluding hydrogens is 617 g/mol. The van der Waals surface area contributed by atoms with E-state index >= 15 is 0 Å². The summed E-state index contributed by atoms with van der Waals surface area (Å²) < 4.78 is 25.0. The molecular formula is C46H60O4. The van der Waals surface area contributed by atoms with Crippen molar-refractivity contribution in [1.29, 1.82) is 0 Å². The van der Waals surface area contributed by atoms with Gasteiger partial charge in [-0.3, -0.25) is 0 Å². The minimum absolute atomic E-state index is 0.114. The zero-order valence-electron chi connectivity index (χ0n) is 33.6. The van der Waals surface area contributed by atoms with Crippen LogP contribution in [0.15, 0.2) is 72.8 Å². The van der Waals surface area contributed by atoms with Gasteiger partial charge in [-0.15, -0.1) is 0 Å². The Bertz CT molecular complexity index is 1590. The minimum atomic E-state index is -0.114. The van der Waals surface area contributed by atoms with Crippen molar-refractivity contribution in [2.24, 2.45) is 0 Å². The largest absolute Gasteiger partial charge is 0.496 e. The van der Waals surface area contributed by atoms with Crippen LogP contribution in [0.25, 0.3) is 11.1 Å². The Morgan fingerprint density at radius 3 is 0.640 bits per heavy atom. The van der Waals surface area contributed by atoms with Crippen molar-refractivity contribution in [2.45, 2.75) is 105 Å².